The molecule has 0 aliphatic carbocycles. The first-order valence-corrected chi connectivity index (χ1v) is 5.94. The zero-order valence-electron chi connectivity index (χ0n) is 9.04. The average molecular weight is 324 g/mol. The summed E-state index contributed by atoms with van der Waals surface area (Å²) in [7, 11) is 0. The molecule has 1 aliphatic heterocycles. The lowest BCUT2D eigenvalue weighted by molar-refractivity contribution is -0.138. The van der Waals surface area contributed by atoms with E-state index >= 15 is 0 Å². The summed E-state index contributed by atoms with van der Waals surface area (Å²) in [6, 6.07) is 3.58. The van der Waals surface area contributed by atoms with Gasteiger partial charge in [0.25, 0.3) is 0 Å². The zero-order valence-corrected chi connectivity index (χ0v) is 10.6. The second-order valence-electron chi connectivity index (χ2n) is 4.00. The van der Waals surface area contributed by atoms with Crippen LogP contribution in [-0.4, -0.2) is 23.7 Å². The number of amides is 1. The Morgan fingerprint density at radius 2 is 2.06 bits per heavy atom. The molecule has 18 heavy (non-hydrogen) atoms. The molecule has 1 fully saturated rings. The molecule has 1 unspecified atom stereocenters. The highest BCUT2D eigenvalue weighted by Gasteiger charge is 2.36. The first-order valence-electron chi connectivity index (χ1n) is 5.15. The topological polar surface area (TPSA) is 40.5 Å². The predicted molar refractivity (Wildman–Crippen MR) is 62.1 cm³/mol. The largest absolute Gasteiger partial charge is 0.417 e. The number of halogens is 4. The molecule has 0 spiro atoms. The summed E-state index contributed by atoms with van der Waals surface area (Å²) < 4.78 is 37.9. The maximum absolute atomic E-state index is 12.7. The standard InChI is InChI=1S/C11H9BrF3NO2/c12-10-7(11(13,14)15)2-1-3-8(10)16-5-6(17)4-9(16)18/h1-3,6,17H,4-5H2. The van der Waals surface area contributed by atoms with E-state index in [2.05, 4.69) is 15.9 Å². The highest BCUT2D eigenvalue weighted by Crippen LogP contribution is 2.40. The van der Waals surface area contributed by atoms with E-state index in [0.29, 0.717) is 0 Å². The van der Waals surface area contributed by atoms with E-state index in [-0.39, 0.29) is 29.0 Å². The van der Waals surface area contributed by atoms with Crippen LogP contribution in [0.5, 0.6) is 0 Å². The maximum atomic E-state index is 12.7. The molecule has 7 heteroatoms. The monoisotopic (exact) mass is 323 g/mol. The number of aliphatic hydroxyl groups is 1. The SMILES string of the molecule is O=C1CC(O)CN1c1cccc(C(F)(F)F)c1Br. The van der Waals surface area contributed by atoms with Crippen LogP contribution in [0, 0.1) is 0 Å². The summed E-state index contributed by atoms with van der Waals surface area (Å²) in [6.07, 6.45) is -5.39. The van der Waals surface area contributed by atoms with Gasteiger partial charge in [0.05, 0.1) is 34.8 Å². The number of aliphatic hydroxyl groups excluding tert-OH is 1. The lowest BCUT2D eigenvalue weighted by Crippen LogP contribution is -2.26. The van der Waals surface area contributed by atoms with Crippen molar-refractivity contribution in [3.63, 3.8) is 0 Å². The van der Waals surface area contributed by atoms with E-state index in [9.17, 15) is 23.1 Å². The Morgan fingerprint density at radius 3 is 2.56 bits per heavy atom. The summed E-state index contributed by atoms with van der Waals surface area (Å²) in [4.78, 5) is 12.7. The Bertz CT molecular complexity index is 490. The number of hydrogen-bond acceptors (Lipinski definition) is 2. The number of alkyl halides is 3. The molecule has 2 rings (SSSR count). The maximum Gasteiger partial charge on any atom is 0.417 e. The molecule has 0 saturated carbocycles. The van der Waals surface area contributed by atoms with Crippen molar-refractivity contribution >= 4 is 27.5 Å². The molecule has 1 heterocycles. The molecular formula is C11H9BrF3NO2. The highest BCUT2D eigenvalue weighted by molar-refractivity contribution is 9.10. The fourth-order valence-electron chi connectivity index (χ4n) is 1.87. The van der Waals surface area contributed by atoms with Crippen molar-refractivity contribution < 1.29 is 23.1 Å². The molecule has 0 bridgehead atoms. The summed E-state index contributed by atoms with van der Waals surface area (Å²) in [6.45, 7) is 0.0126. The third-order valence-electron chi connectivity index (χ3n) is 2.68. The minimum Gasteiger partial charge on any atom is -0.391 e. The minimum atomic E-state index is -4.49. The molecule has 1 aliphatic rings. The smallest absolute Gasteiger partial charge is 0.391 e. The molecule has 1 amide bonds. The first kappa shape index (κ1) is 13.4. The lowest BCUT2D eigenvalue weighted by atomic mass is 10.2. The molecule has 3 nitrogen and oxygen atoms in total. The molecule has 0 aromatic heterocycles. The quantitative estimate of drug-likeness (QED) is 0.863. The van der Waals surface area contributed by atoms with Gasteiger partial charge in [-0.25, -0.2) is 0 Å². The normalized spacial score (nSPS) is 20.6. The third-order valence-corrected chi connectivity index (χ3v) is 3.51. The van der Waals surface area contributed by atoms with Gasteiger partial charge in [-0.1, -0.05) is 6.07 Å². The highest BCUT2D eigenvalue weighted by atomic mass is 79.9. The van der Waals surface area contributed by atoms with Crippen LogP contribution in [0.3, 0.4) is 0 Å². The second-order valence-corrected chi connectivity index (χ2v) is 4.79. The van der Waals surface area contributed by atoms with E-state index in [0.717, 1.165) is 11.0 Å². The van der Waals surface area contributed by atoms with Gasteiger partial charge < -0.3 is 10.0 Å². The van der Waals surface area contributed by atoms with E-state index in [1.165, 1.54) is 12.1 Å². The van der Waals surface area contributed by atoms with Gasteiger partial charge in [0.15, 0.2) is 0 Å². The van der Waals surface area contributed by atoms with E-state index < -0.39 is 17.8 Å². The molecule has 1 aromatic carbocycles. The van der Waals surface area contributed by atoms with Gasteiger partial charge in [-0.15, -0.1) is 0 Å². The molecule has 98 valence electrons. The fourth-order valence-corrected chi connectivity index (χ4v) is 2.57. The number of carbonyl (C=O) groups is 1. The average Bonchev–Trinajstić information content (AvgIpc) is 2.56. The van der Waals surface area contributed by atoms with Crippen molar-refractivity contribution in [2.75, 3.05) is 11.4 Å². The Kier molecular flexibility index (Phi) is 3.37. The Morgan fingerprint density at radius 1 is 1.39 bits per heavy atom. The van der Waals surface area contributed by atoms with E-state index in [1.54, 1.807) is 0 Å². The lowest BCUT2D eigenvalue weighted by Gasteiger charge is -2.20. The molecule has 1 atom stereocenters. The number of nitrogens with zero attached hydrogens (tertiary/aromatic N) is 1. The van der Waals surface area contributed by atoms with Crippen molar-refractivity contribution in [3.8, 4) is 0 Å². The van der Waals surface area contributed by atoms with Crippen LogP contribution in [0.25, 0.3) is 0 Å². The summed E-state index contributed by atoms with van der Waals surface area (Å²) in [5.74, 6) is -0.387. The van der Waals surface area contributed by atoms with Crippen molar-refractivity contribution in [2.24, 2.45) is 0 Å². The van der Waals surface area contributed by atoms with Gasteiger partial charge in [-0.2, -0.15) is 13.2 Å². The van der Waals surface area contributed by atoms with Crippen molar-refractivity contribution in [1.82, 2.24) is 0 Å². The van der Waals surface area contributed by atoms with Gasteiger partial charge in [0, 0.05) is 0 Å². The van der Waals surface area contributed by atoms with Crippen molar-refractivity contribution in [1.29, 1.82) is 0 Å². The van der Waals surface area contributed by atoms with Gasteiger partial charge in [0.2, 0.25) is 5.91 Å². The Hall–Kier alpha value is -1.08. The number of β-amino-alcohol motifs (C(OH)–C–C–N with tert-alkyl or cyclic N) is 1. The van der Waals surface area contributed by atoms with Crippen LogP contribution < -0.4 is 4.90 Å². The molecule has 1 saturated heterocycles. The molecule has 1 N–H and O–H groups in total. The van der Waals surface area contributed by atoms with Crippen molar-refractivity contribution in [2.45, 2.75) is 18.7 Å². The van der Waals surface area contributed by atoms with E-state index in [4.69, 9.17) is 0 Å². The number of rotatable bonds is 1. The van der Waals surface area contributed by atoms with Crippen LogP contribution >= 0.6 is 15.9 Å². The summed E-state index contributed by atoms with van der Waals surface area (Å²) in [5.41, 5.74) is -0.708. The second kappa shape index (κ2) is 4.55. The van der Waals surface area contributed by atoms with Gasteiger partial charge in [0.1, 0.15) is 0 Å². The minimum absolute atomic E-state index is 0.0126. The molecule has 0 radical (unpaired) electrons. The fraction of sp³-hybridized carbons (Fsp3) is 0.364. The van der Waals surface area contributed by atoms with Crippen LogP contribution in [0.15, 0.2) is 22.7 Å². The zero-order chi connectivity index (χ0) is 13.5. The van der Waals surface area contributed by atoms with E-state index in [1.807, 2.05) is 0 Å². The molecular weight excluding hydrogens is 315 g/mol. The van der Waals surface area contributed by atoms with Gasteiger partial charge >= 0.3 is 6.18 Å². The Balaban J connectivity index is 2.44. The number of carbonyl (C=O) groups excluding carboxylic acids is 1. The summed E-state index contributed by atoms with van der Waals surface area (Å²) >= 11 is 2.88. The number of anilines is 1. The van der Waals surface area contributed by atoms with Gasteiger partial charge in [-0.05, 0) is 28.1 Å². The third kappa shape index (κ3) is 2.37. The van der Waals surface area contributed by atoms with Gasteiger partial charge in [-0.3, -0.25) is 4.79 Å². The predicted octanol–water partition coefficient (Wildman–Crippen LogP) is 2.57. The number of hydrogen-bond donors (Lipinski definition) is 1. The Labute approximate surface area is 109 Å². The van der Waals surface area contributed by atoms with Crippen LogP contribution in [0.4, 0.5) is 18.9 Å². The van der Waals surface area contributed by atoms with Crippen molar-refractivity contribution in [3.05, 3.63) is 28.2 Å². The number of benzene rings is 1. The van der Waals surface area contributed by atoms with Crippen LogP contribution in [0.2, 0.25) is 0 Å². The molecule has 1 aromatic rings. The van der Waals surface area contributed by atoms with Crippen LogP contribution in [-0.2, 0) is 11.0 Å². The summed E-state index contributed by atoms with van der Waals surface area (Å²) in [5, 5.41) is 9.35. The van der Waals surface area contributed by atoms with Crippen LogP contribution in [0.1, 0.15) is 12.0 Å². The first-order chi connectivity index (χ1) is 8.30.